The van der Waals surface area contributed by atoms with Crippen LogP contribution in [-0.2, 0) is 36.7 Å². The van der Waals surface area contributed by atoms with Crippen molar-refractivity contribution in [2.24, 2.45) is 0 Å². The van der Waals surface area contributed by atoms with Crippen molar-refractivity contribution in [3.05, 3.63) is 131 Å². The molecule has 0 aliphatic rings. The number of hydrogen-bond donors (Lipinski definition) is 0. The minimum atomic E-state index is 0. The third kappa shape index (κ3) is 9.24. The number of hydrogen-bond acceptors (Lipinski definition) is 0. The van der Waals surface area contributed by atoms with Crippen LogP contribution in [-0.4, -0.2) is 9.52 Å². The molecule has 0 amide bonds. The molecule has 0 N–H and O–H groups in total. The summed E-state index contributed by atoms with van der Waals surface area (Å²) in [6.45, 7) is 27.1. The van der Waals surface area contributed by atoms with Crippen molar-refractivity contribution < 1.29 is 25.8 Å². The molecule has 0 aliphatic carbocycles. The summed E-state index contributed by atoms with van der Waals surface area (Å²) < 4.78 is 0. The van der Waals surface area contributed by atoms with Crippen molar-refractivity contribution in [3.63, 3.8) is 0 Å². The topological polar surface area (TPSA) is 0 Å². The summed E-state index contributed by atoms with van der Waals surface area (Å²) in [4.78, 5) is 0. The molecule has 48 heavy (non-hydrogen) atoms. The summed E-state index contributed by atoms with van der Waals surface area (Å²) in [5, 5.41) is 5.46. The SMILES string of the molecule is CC(C)c1cc2c(-c3ccccc3C(C)(C)C)cccc2[cH-]1.CC(C)c1cc2c(-c3ccccc3C(C)(C)C)cccc2[cH-]1.C[Si]C.[Hf]. The van der Waals surface area contributed by atoms with Gasteiger partial charge in [0.25, 0.3) is 0 Å². The Balaban J connectivity index is 0.000000236. The molecule has 0 heterocycles. The van der Waals surface area contributed by atoms with Crippen LogP contribution in [0.25, 0.3) is 43.8 Å². The van der Waals surface area contributed by atoms with E-state index in [2.05, 4.69) is 192 Å². The third-order valence-corrected chi connectivity index (χ3v) is 8.93. The molecule has 2 heteroatoms. The zero-order valence-corrected chi connectivity index (χ0v) is 36.1. The Morgan fingerprint density at radius 2 is 0.792 bits per heavy atom. The molecule has 2 radical (unpaired) electrons. The third-order valence-electron chi connectivity index (χ3n) is 8.93. The van der Waals surface area contributed by atoms with Gasteiger partial charge >= 0.3 is 0 Å². The number of fused-ring (bicyclic) bond motifs is 2. The van der Waals surface area contributed by atoms with Gasteiger partial charge in [0.1, 0.15) is 0 Å². The Bertz CT molecular complexity index is 1760. The predicted octanol–water partition coefficient (Wildman–Crippen LogP) is 14.1. The van der Waals surface area contributed by atoms with Crippen LogP contribution >= 0.6 is 0 Å². The quantitative estimate of drug-likeness (QED) is 0.123. The second kappa shape index (κ2) is 16.7. The molecule has 0 atom stereocenters. The van der Waals surface area contributed by atoms with E-state index in [9.17, 15) is 0 Å². The summed E-state index contributed by atoms with van der Waals surface area (Å²) in [7, 11) is 1.08. The Hall–Kier alpha value is -2.81. The van der Waals surface area contributed by atoms with E-state index < -0.39 is 0 Å². The van der Waals surface area contributed by atoms with Crippen LogP contribution in [0.15, 0.2) is 109 Å². The Kier molecular flexibility index (Phi) is 13.8. The van der Waals surface area contributed by atoms with E-state index in [0.717, 1.165) is 9.52 Å². The molecule has 0 unspecified atom stereocenters. The Morgan fingerprint density at radius 3 is 1.10 bits per heavy atom. The van der Waals surface area contributed by atoms with E-state index >= 15 is 0 Å². The molecule has 0 aromatic heterocycles. The summed E-state index contributed by atoms with van der Waals surface area (Å²) in [5.41, 5.74) is 11.4. The first kappa shape index (κ1) is 39.6. The minimum absolute atomic E-state index is 0. The molecule has 6 aromatic carbocycles. The van der Waals surface area contributed by atoms with Crippen molar-refractivity contribution in [2.45, 2.75) is 105 Å². The first-order chi connectivity index (χ1) is 22.2. The van der Waals surface area contributed by atoms with E-state index in [1.807, 2.05) is 0 Å². The maximum atomic E-state index is 2.37. The van der Waals surface area contributed by atoms with Crippen LogP contribution in [0, 0.1) is 0 Å². The minimum Gasteiger partial charge on any atom is -0.164 e. The van der Waals surface area contributed by atoms with Gasteiger partial charge in [-0.15, -0.1) is 69.1 Å². The summed E-state index contributed by atoms with van der Waals surface area (Å²) in [5.74, 6) is 1.14. The van der Waals surface area contributed by atoms with Gasteiger partial charge < -0.3 is 0 Å². The zero-order valence-electron chi connectivity index (χ0n) is 31.5. The summed E-state index contributed by atoms with van der Waals surface area (Å²) in [6.07, 6.45) is 0. The average Bonchev–Trinajstić information content (AvgIpc) is 3.66. The van der Waals surface area contributed by atoms with Gasteiger partial charge in [0.05, 0.1) is 0 Å². The van der Waals surface area contributed by atoms with Crippen LogP contribution in [0.1, 0.15) is 103 Å². The van der Waals surface area contributed by atoms with E-state index in [4.69, 9.17) is 0 Å². The maximum Gasteiger partial charge on any atom is 0.0307 e. The summed E-state index contributed by atoms with van der Waals surface area (Å²) in [6, 6.07) is 40.4. The second-order valence-corrected chi connectivity index (χ2v) is 16.6. The van der Waals surface area contributed by atoms with Crippen molar-refractivity contribution in [3.8, 4) is 22.3 Å². The Labute approximate surface area is 313 Å². The molecule has 0 spiro atoms. The van der Waals surface area contributed by atoms with Gasteiger partial charge in [-0.2, -0.15) is 12.1 Å². The van der Waals surface area contributed by atoms with Crippen LogP contribution < -0.4 is 0 Å². The van der Waals surface area contributed by atoms with E-state index in [-0.39, 0.29) is 36.7 Å². The first-order valence-electron chi connectivity index (χ1n) is 17.3. The van der Waals surface area contributed by atoms with E-state index in [1.165, 1.54) is 66.1 Å². The average molecular weight is 816 g/mol. The normalized spacial score (nSPS) is 11.6. The fourth-order valence-corrected chi connectivity index (χ4v) is 6.40. The van der Waals surface area contributed by atoms with Crippen molar-refractivity contribution in [2.75, 3.05) is 0 Å². The smallest absolute Gasteiger partial charge is 0.0307 e. The number of benzene rings is 4. The molecule has 6 aromatic rings. The fourth-order valence-electron chi connectivity index (χ4n) is 6.40. The van der Waals surface area contributed by atoms with Crippen molar-refractivity contribution in [1.82, 2.24) is 0 Å². The van der Waals surface area contributed by atoms with Gasteiger partial charge in [0.2, 0.25) is 0 Å². The van der Waals surface area contributed by atoms with E-state index in [1.54, 1.807) is 0 Å². The molecule has 6 rings (SSSR count). The van der Waals surface area contributed by atoms with Crippen molar-refractivity contribution in [1.29, 1.82) is 0 Å². The monoisotopic (exact) mass is 816 g/mol. The van der Waals surface area contributed by atoms with Crippen molar-refractivity contribution >= 4 is 31.1 Å². The molecule has 250 valence electrons. The zero-order chi connectivity index (χ0) is 34.5. The first-order valence-corrected chi connectivity index (χ1v) is 19.3. The van der Waals surface area contributed by atoms with Gasteiger partial charge in [-0.05, 0) is 44.9 Å². The second-order valence-electron chi connectivity index (χ2n) is 15.6. The predicted molar refractivity (Wildman–Crippen MR) is 213 cm³/mol. The van der Waals surface area contributed by atoms with E-state index in [0.29, 0.717) is 11.8 Å². The number of rotatable bonds is 4. The molecule has 0 saturated heterocycles. The molecule has 0 nitrogen and oxygen atoms in total. The van der Waals surface area contributed by atoms with Gasteiger partial charge in [0.15, 0.2) is 0 Å². The molecule has 0 aliphatic heterocycles. The van der Waals surface area contributed by atoms with Crippen LogP contribution in [0.3, 0.4) is 0 Å². The molecular formula is C46H56HfSi-2. The van der Waals surface area contributed by atoms with Gasteiger partial charge in [-0.3, -0.25) is 0 Å². The van der Waals surface area contributed by atoms with Gasteiger partial charge in [-0.25, -0.2) is 0 Å². The Morgan fingerprint density at radius 1 is 0.479 bits per heavy atom. The molecule has 0 bridgehead atoms. The maximum absolute atomic E-state index is 2.37. The van der Waals surface area contributed by atoms with Crippen LogP contribution in [0.5, 0.6) is 0 Å². The standard InChI is InChI=1S/2C22H25.C2H6Si.Hf/c2*1-15(2)17-13-16-9-8-11-18(20(16)14-17)19-10-6-7-12-21(19)22(3,4)5;1-3-2;/h2*6-15H,1-5H3;1-2H3;/q2*-1;;. The van der Waals surface area contributed by atoms with Crippen LogP contribution in [0.4, 0.5) is 0 Å². The summed E-state index contributed by atoms with van der Waals surface area (Å²) >= 11 is 0. The van der Waals surface area contributed by atoms with Gasteiger partial charge in [-0.1, -0.05) is 154 Å². The fraction of sp³-hybridized carbons (Fsp3) is 0.348. The van der Waals surface area contributed by atoms with Crippen LogP contribution in [0.2, 0.25) is 13.1 Å². The molecule has 0 saturated carbocycles. The molecule has 0 fully saturated rings. The molecular weight excluding hydrogens is 759 g/mol. The largest absolute Gasteiger partial charge is 0.164 e. The van der Waals surface area contributed by atoms with Gasteiger partial charge in [0, 0.05) is 35.4 Å².